The second-order valence-electron chi connectivity index (χ2n) is 7.44. The molecule has 4 rings (SSSR count). The van der Waals surface area contributed by atoms with E-state index in [1.165, 1.54) is 17.0 Å². The van der Waals surface area contributed by atoms with Gasteiger partial charge in [0.05, 0.1) is 33.3 Å². The second-order valence-corrected chi connectivity index (χ2v) is 7.85. The minimum atomic E-state index is -0.572. The molecule has 1 aliphatic rings. The number of halogens is 1. The molecule has 1 N–H and O–H groups in total. The molecule has 0 bridgehead atoms. The van der Waals surface area contributed by atoms with Crippen LogP contribution in [0.25, 0.3) is 0 Å². The number of non-ortho nitro benzene ring substituents is 1. The smallest absolute Gasteiger partial charge is 0.270 e. The predicted octanol–water partition coefficient (Wildman–Crippen LogP) is 3.43. The average Bonchev–Trinajstić information content (AvgIpc) is 2.74. The Bertz CT molecular complexity index is 1250. The van der Waals surface area contributed by atoms with Gasteiger partial charge in [-0.25, -0.2) is 4.98 Å². The summed E-state index contributed by atoms with van der Waals surface area (Å²) in [5.41, 5.74) is 3.06. The van der Waals surface area contributed by atoms with Gasteiger partial charge in [0.25, 0.3) is 17.2 Å². The molecule has 1 aromatic heterocycles. The maximum Gasteiger partial charge on any atom is 0.270 e. The molecule has 0 unspecified atom stereocenters. The molecule has 0 aliphatic carbocycles. The van der Waals surface area contributed by atoms with Crippen molar-refractivity contribution < 1.29 is 9.72 Å². The van der Waals surface area contributed by atoms with Crippen LogP contribution in [-0.2, 0) is 19.4 Å². The van der Waals surface area contributed by atoms with Crippen molar-refractivity contribution in [2.75, 3.05) is 6.54 Å². The highest BCUT2D eigenvalue weighted by Crippen LogP contribution is 2.25. The molecule has 9 heteroatoms. The lowest BCUT2D eigenvalue weighted by molar-refractivity contribution is -0.384. The first kappa shape index (κ1) is 20.7. The van der Waals surface area contributed by atoms with Crippen LogP contribution in [0.5, 0.6) is 0 Å². The SMILES string of the molecule is Cc1ccccc1Cc1nc2c(c(=O)[nH]1)CN(C(=O)c1ccc([N+](=O)[O-])cc1Cl)CC2. The van der Waals surface area contributed by atoms with Crippen LogP contribution < -0.4 is 5.56 Å². The summed E-state index contributed by atoms with van der Waals surface area (Å²) in [6, 6.07) is 11.7. The molecule has 1 amide bonds. The fourth-order valence-electron chi connectivity index (χ4n) is 3.68. The number of nitrogens with one attached hydrogen (secondary N) is 1. The number of carbonyl (C=O) groups is 1. The molecular weight excluding hydrogens is 420 g/mol. The van der Waals surface area contributed by atoms with Crippen LogP contribution >= 0.6 is 11.6 Å². The molecule has 0 spiro atoms. The highest BCUT2D eigenvalue weighted by Gasteiger charge is 2.27. The standard InChI is InChI=1S/C22H19ClN4O4/c1-13-4-2-3-5-14(13)10-20-24-19-8-9-26(12-17(19)21(28)25-20)22(29)16-7-6-15(27(30)31)11-18(16)23/h2-7,11H,8-10,12H2,1H3,(H,24,25,28). The van der Waals surface area contributed by atoms with Crippen molar-refractivity contribution in [1.82, 2.24) is 14.9 Å². The molecule has 1 aliphatic heterocycles. The second kappa shape index (κ2) is 8.31. The highest BCUT2D eigenvalue weighted by atomic mass is 35.5. The number of hydrogen-bond acceptors (Lipinski definition) is 5. The summed E-state index contributed by atoms with van der Waals surface area (Å²) >= 11 is 6.10. The fraction of sp³-hybridized carbons (Fsp3) is 0.227. The number of benzene rings is 2. The average molecular weight is 439 g/mol. The first-order chi connectivity index (χ1) is 14.8. The maximum absolute atomic E-state index is 12.9. The lowest BCUT2D eigenvalue weighted by atomic mass is 10.0. The van der Waals surface area contributed by atoms with E-state index in [1.807, 2.05) is 31.2 Å². The van der Waals surface area contributed by atoms with Gasteiger partial charge in [-0.15, -0.1) is 0 Å². The third-order valence-corrected chi connectivity index (χ3v) is 5.73. The zero-order valence-electron chi connectivity index (χ0n) is 16.7. The van der Waals surface area contributed by atoms with Crippen LogP contribution in [0.1, 0.15) is 38.6 Å². The number of fused-ring (bicyclic) bond motifs is 1. The van der Waals surface area contributed by atoms with Gasteiger partial charge in [0.15, 0.2) is 0 Å². The van der Waals surface area contributed by atoms with E-state index in [4.69, 9.17) is 11.6 Å². The van der Waals surface area contributed by atoms with Crippen LogP contribution in [0.2, 0.25) is 5.02 Å². The Morgan fingerprint density at radius 2 is 2.06 bits per heavy atom. The molecule has 0 radical (unpaired) electrons. The van der Waals surface area contributed by atoms with Crippen molar-refractivity contribution in [2.45, 2.75) is 26.3 Å². The topological polar surface area (TPSA) is 109 Å². The van der Waals surface area contributed by atoms with Gasteiger partial charge < -0.3 is 9.88 Å². The molecule has 0 saturated carbocycles. The molecule has 0 fully saturated rings. The molecular formula is C22H19ClN4O4. The number of rotatable bonds is 4. The number of nitro benzene ring substituents is 1. The summed E-state index contributed by atoms with van der Waals surface area (Å²) in [5.74, 6) is 0.213. The Morgan fingerprint density at radius 3 is 2.77 bits per heavy atom. The number of aromatic nitrogens is 2. The van der Waals surface area contributed by atoms with E-state index < -0.39 is 4.92 Å². The van der Waals surface area contributed by atoms with Crippen LogP contribution in [0, 0.1) is 17.0 Å². The lowest BCUT2D eigenvalue weighted by Crippen LogP contribution is -2.40. The largest absolute Gasteiger partial charge is 0.334 e. The summed E-state index contributed by atoms with van der Waals surface area (Å²) in [6.07, 6.45) is 0.965. The fourth-order valence-corrected chi connectivity index (χ4v) is 3.94. The van der Waals surface area contributed by atoms with E-state index in [0.29, 0.717) is 36.5 Å². The quantitative estimate of drug-likeness (QED) is 0.495. The zero-order chi connectivity index (χ0) is 22.1. The number of aryl methyl sites for hydroxylation is 1. The van der Waals surface area contributed by atoms with Gasteiger partial charge in [0.2, 0.25) is 0 Å². The molecule has 2 aromatic carbocycles. The Kier molecular flexibility index (Phi) is 5.56. The molecule has 2 heterocycles. The van der Waals surface area contributed by atoms with Crippen molar-refractivity contribution in [2.24, 2.45) is 0 Å². The van der Waals surface area contributed by atoms with Crippen molar-refractivity contribution in [3.63, 3.8) is 0 Å². The number of nitro groups is 1. The van der Waals surface area contributed by atoms with E-state index in [2.05, 4.69) is 9.97 Å². The Morgan fingerprint density at radius 1 is 1.29 bits per heavy atom. The van der Waals surface area contributed by atoms with Gasteiger partial charge >= 0.3 is 0 Å². The van der Waals surface area contributed by atoms with Gasteiger partial charge in [-0.2, -0.15) is 0 Å². The molecule has 0 saturated heterocycles. The first-order valence-electron chi connectivity index (χ1n) is 9.72. The van der Waals surface area contributed by atoms with Crippen LogP contribution in [0.15, 0.2) is 47.3 Å². The van der Waals surface area contributed by atoms with Crippen LogP contribution in [-0.4, -0.2) is 32.2 Å². The van der Waals surface area contributed by atoms with Crippen molar-refractivity contribution in [1.29, 1.82) is 0 Å². The Labute approximate surface area is 182 Å². The number of amides is 1. The van der Waals surface area contributed by atoms with Crippen LogP contribution in [0.3, 0.4) is 0 Å². The third-order valence-electron chi connectivity index (χ3n) is 5.42. The third kappa shape index (κ3) is 4.20. The summed E-state index contributed by atoms with van der Waals surface area (Å²) in [5, 5.41) is 10.9. The number of nitrogens with zero attached hydrogens (tertiary/aromatic N) is 3. The summed E-state index contributed by atoms with van der Waals surface area (Å²) in [7, 11) is 0. The van der Waals surface area contributed by atoms with Crippen molar-refractivity contribution in [3.8, 4) is 0 Å². The van der Waals surface area contributed by atoms with Gasteiger partial charge in [0, 0.05) is 31.5 Å². The normalized spacial score (nSPS) is 13.0. The molecule has 158 valence electrons. The van der Waals surface area contributed by atoms with Crippen molar-refractivity contribution in [3.05, 3.63) is 102 Å². The summed E-state index contributed by atoms with van der Waals surface area (Å²) in [4.78, 5) is 44.9. The minimum Gasteiger partial charge on any atom is -0.334 e. The Balaban J connectivity index is 1.56. The molecule has 31 heavy (non-hydrogen) atoms. The summed E-state index contributed by atoms with van der Waals surface area (Å²) in [6.45, 7) is 2.49. The number of hydrogen-bond donors (Lipinski definition) is 1. The highest BCUT2D eigenvalue weighted by molar-refractivity contribution is 6.34. The summed E-state index contributed by atoms with van der Waals surface area (Å²) < 4.78 is 0. The minimum absolute atomic E-state index is 0.00519. The van der Waals surface area contributed by atoms with E-state index in [9.17, 15) is 19.7 Å². The Hall–Kier alpha value is -3.52. The molecule has 0 atom stereocenters. The zero-order valence-corrected chi connectivity index (χ0v) is 17.5. The molecule has 8 nitrogen and oxygen atoms in total. The van der Waals surface area contributed by atoms with Crippen molar-refractivity contribution >= 4 is 23.2 Å². The molecule has 3 aromatic rings. The number of carbonyl (C=O) groups excluding carboxylic acids is 1. The van der Waals surface area contributed by atoms with Gasteiger partial charge in [-0.05, 0) is 24.1 Å². The van der Waals surface area contributed by atoms with Gasteiger partial charge in [0.1, 0.15) is 5.82 Å². The van der Waals surface area contributed by atoms with E-state index in [0.717, 1.165) is 17.2 Å². The van der Waals surface area contributed by atoms with E-state index in [1.54, 1.807) is 0 Å². The van der Waals surface area contributed by atoms with E-state index in [-0.39, 0.29) is 34.3 Å². The number of aromatic amines is 1. The van der Waals surface area contributed by atoms with Gasteiger partial charge in [-0.3, -0.25) is 19.7 Å². The predicted molar refractivity (Wildman–Crippen MR) is 115 cm³/mol. The van der Waals surface area contributed by atoms with E-state index >= 15 is 0 Å². The number of H-pyrrole nitrogens is 1. The first-order valence-corrected chi connectivity index (χ1v) is 10.1. The maximum atomic E-state index is 12.9. The van der Waals surface area contributed by atoms with Crippen LogP contribution in [0.4, 0.5) is 5.69 Å². The lowest BCUT2D eigenvalue weighted by Gasteiger charge is -2.28. The monoisotopic (exact) mass is 438 g/mol. The van der Waals surface area contributed by atoms with Gasteiger partial charge in [-0.1, -0.05) is 35.9 Å².